The Kier molecular flexibility index (Phi) is 5.21. The van der Waals surface area contributed by atoms with Gasteiger partial charge in [-0.2, -0.15) is 0 Å². The van der Waals surface area contributed by atoms with Crippen molar-refractivity contribution in [1.29, 1.82) is 0 Å². The maximum Gasteiger partial charge on any atom is 0.329 e. The van der Waals surface area contributed by atoms with Gasteiger partial charge in [0.15, 0.2) is 0 Å². The van der Waals surface area contributed by atoms with Crippen molar-refractivity contribution in [3.05, 3.63) is 74.1 Å². The first kappa shape index (κ1) is 18.6. The summed E-state index contributed by atoms with van der Waals surface area (Å²) in [5, 5.41) is 0.234. The lowest BCUT2D eigenvalue weighted by molar-refractivity contribution is 0.0784. The number of aromatic amines is 1. The molecule has 0 bridgehead atoms. The first-order chi connectivity index (χ1) is 12.9. The Morgan fingerprint density at radius 2 is 2.00 bits per heavy atom. The van der Waals surface area contributed by atoms with E-state index < -0.39 is 11.2 Å². The molecule has 3 aromatic rings. The highest BCUT2D eigenvalue weighted by atomic mass is 16.2. The summed E-state index contributed by atoms with van der Waals surface area (Å²) >= 11 is 0. The number of carbonyl (C=O) groups excluding carboxylic acids is 1. The fourth-order valence-corrected chi connectivity index (χ4v) is 3.05. The molecular formula is C20H22N4O3. The van der Waals surface area contributed by atoms with E-state index in [1.165, 1.54) is 16.8 Å². The van der Waals surface area contributed by atoms with Crippen LogP contribution in [0.15, 0.2) is 46.1 Å². The summed E-state index contributed by atoms with van der Waals surface area (Å²) in [5.41, 5.74) is 1.74. The molecule has 0 fully saturated rings. The van der Waals surface area contributed by atoms with E-state index in [9.17, 15) is 14.4 Å². The maximum atomic E-state index is 12.8. The van der Waals surface area contributed by atoms with E-state index >= 15 is 0 Å². The van der Waals surface area contributed by atoms with E-state index in [1.54, 1.807) is 11.9 Å². The number of amides is 1. The van der Waals surface area contributed by atoms with Gasteiger partial charge in [0.1, 0.15) is 5.65 Å². The van der Waals surface area contributed by atoms with Crippen molar-refractivity contribution in [2.75, 3.05) is 7.05 Å². The summed E-state index contributed by atoms with van der Waals surface area (Å²) in [6, 6.07) is 9.37. The van der Waals surface area contributed by atoms with E-state index in [2.05, 4.69) is 9.97 Å². The van der Waals surface area contributed by atoms with E-state index in [0.717, 1.165) is 17.5 Å². The predicted molar refractivity (Wildman–Crippen MR) is 104 cm³/mol. The van der Waals surface area contributed by atoms with Gasteiger partial charge in [-0.25, -0.2) is 9.78 Å². The van der Waals surface area contributed by atoms with Crippen LogP contribution in [0, 0.1) is 6.92 Å². The van der Waals surface area contributed by atoms with Crippen LogP contribution in [0.5, 0.6) is 0 Å². The van der Waals surface area contributed by atoms with Crippen molar-refractivity contribution in [1.82, 2.24) is 19.4 Å². The van der Waals surface area contributed by atoms with Gasteiger partial charge in [0.05, 0.1) is 10.9 Å². The number of aryl methyl sites for hydroxylation is 2. The normalized spacial score (nSPS) is 10.9. The van der Waals surface area contributed by atoms with Crippen molar-refractivity contribution >= 4 is 16.9 Å². The van der Waals surface area contributed by atoms with Gasteiger partial charge in [0.25, 0.3) is 11.5 Å². The van der Waals surface area contributed by atoms with Crippen LogP contribution in [0.25, 0.3) is 11.0 Å². The Hall–Kier alpha value is -3.22. The lowest BCUT2D eigenvalue weighted by Crippen LogP contribution is -2.31. The zero-order valence-electron chi connectivity index (χ0n) is 15.7. The highest BCUT2D eigenvalue weighted by Gasteiger charge is 2.16. The van der Waals surface area contributed by atoms with Crippen molar-refractivity contribution in [2.45, 2.75) is 33.4 Å². The highest BCUT2D eigenvalue weighted by molar-refractivity contribution is 5.96. The Morgan fingerprint density at radius 3 is 2.70 bits per heavy atom. The van der Waals surface area contributed by atoms with E-state index in [-0.39, 0.29) is 11.3 Å². The predicted octanol–water partition coefficient (Wildman–Crippen LogP) is 2.08. The Bertz CT molecular complexity index is 1110. The van der Waals surface area contributed by atoms with Gasteiger partial charge in [-0.15, -0.1) is 0 Å². The number of fused-ring (bicyclic) bond motifs is 1. The van der Waals surface area contributed by atoms with Gasteiger partial charge < -0.3 is 4.90 Å². The monoisotopic (exact) mass is 366 g/mol. The van der Waals surface area contributed by atoms with Gasteiger partial charge in [0, 0.05) is 26.3 Å². The van der Waals surface area contributed by atoms with E-state index in [4.69, 9.17) is 0 Å². The number of nitrogens with one attached hydrogen (secondary N) is 1. The molecule has 1 aromatic carbocycles. The van der Waals surface area contributed by atoms with Crippen LogP contribution in [0.3, 0.4) is 0 Å². The lowest BCUT2D eigenvalue weighted by Gasteiger charge is -2.18. The number of nitrogens with zero attached hydrogens (tertiary/aromatic N) is 3. The molecule has 0 radical (unpaired) electrons. The summed E-state index contributed by atoms with van der Waals surface area (Å²) in [6.45, 7) is 4.83. The van der Waals surface area contributed by atoms with Crippen molar-refractivity contribution in [3.8, 4) is 0 Å². The SMILES string of the molecule is CCCn1c(=O)[nH]c(=O)c2cc(C(=O)N(C)Cc3ccccc3C)cnc21. The first-order valence-electron chi connectivity index (χ1n) is 8.85. The van der Waals surface area contributed by atoms with Crippen LogP contribution < -0.4 is 11.2 Å². The van der Waals surface area contributed by atoms with E-state index in [0.29, 0.717) is 24.3 Å². The van der Waals surface area contributed by atoms with Crippen molar-refractivity contribution in [3.63, 3.8) is 0 Å². The molecule has 3 rings (SSSR count). The Balaban J connectivity index is 1.97. The largest absolute Gasteiger partial charge is 0.337 e. The first-order valence-corrected chi connectivity index (χ1v) is 8.85. The zero-order chi connectivity index (χ0) is 19.6. The maximum absolute atomic E-state index is 12.8. The molecule has 0 aliphatic carbocycles. The van der Waals surface area contributed by atoms with Crippen LogP contribution >= 0.6 is 0 Å². The third-order valence-corrected chi connectivity index (χ3v) is 4.54. The third kappa shape index (κ3) is 3.67. The molecule has 27 heavy (non-hydrogen) atoms. The average molecular weight is 366 g/mol. The summed E-state index contributed by atoms with van der Waals surface area (Å²) in [4.78, 5) is 45.1. The number of pyridine rings is 1. The van der Waals surface area contributed by atoms with Gasteiger partial charge in [0.2, 0.25) is 0 Å². The number of hydrogen-bond donors (Lipinski definition) is 1. The quantitative estimate of drug-likeness (QED) is 0.749. The van der Waals surface area contributed by atoms with Crippen LogP contribution in [0.1, 0.15) is 34.8 Å². The standard InChI is InChI=1S/C20H22N4O3/c1-4-9-24-17-16(18(25)22-20(24)27)10-15(11-21-17)19(26)23(3)12-14-8-6-5-7-13(14)2/h5-8,10-11H,4,9,12H2,1-3H3,(H,22,25,27). The van der Waals surface area contributed by atoms with Gasteiger partial charge >= 0.3 is 5.69 Å². The number of carbonyl (C=O) groups is 1. The number of hydrogen-bond acceptors (Lipinski definition) is 4. The third-order valence-electron chi connectivity index (χ3n) is 4.54. The average Bonchev–Trinajstić information content (AvgIpc) is 2.66. The second-order valence-corrected chi connectivity index (χ2v) is 6.59. The molecule has 7 heteroatoms. The molecule has 0 aliphatic heterocycles. The Labute approximate surface area is 156 Å². The molecule has 2 heterocycles. The minimum absolute atomic E-state index is 0.234. The smallest absolute Gasteiger partial charge is 0.329 e. The van der Waals surface area contributed by atoms with E-state index in [1.807, 2.05) is 38.1 Å². The molecule has 0 atom stereocenters. The zero-order valence-corrected chi connectivity index (χ0v) is 15.7. The van der Waals surface area contributed by atoms with Crippen LogP contribution in [0.2, 0.25) is 0 Å². The Morgan fingerprint density at radius 1 is 1.26 bits per heavy atom. The molecule has 0 saturated carbocycles. The second-order valence-electron chi connectivity index (χ2n) is 6.59. The summed E-state index contributed by atoms with van der Waals surface area (Å²) in [6.07, 6.45) is 2.15. The lowest BCUT2D eigenvalue weighted by atomic mass is 10.1. The molecule has 1 N–H and O–H groups in total. The molecule has 0 spiro atoms. The molecule has 0 unspecified atom stereocenters. The fourth-order valence-electron chi connectivity index (χ4n) is 3.05. The number of H-pyrrole nitrogens is 1. The number of aromatic nitrogens is 3. The molecule has 0 saturated heterocycles. The minimum Gasteiger partial charge on any atom is -0.337 e. The molecule has 2 aromatic heterocycles. The summed E-state index contributed by atoms with van der Waals surface area (Å²) in [5.74, 6) is -0.236. The van der Waals surface area contributed by atoms with Gasteiger partial charge in [-0.05, 0) is 30.5 Å². The van der Waals surface area contributed by atoms with Gasteiger partial charge in [-0.3, -0.25) is 19.1 Å². The summed E-state index contributed by atoms with van der Waals surface area (Å²) < 4.78 is 1.42. The molecular weight excluding hydrogens is 344 g/mol. The van der Waals surface area contributed by atoms with Crippen molar-refractivity contribution < 1.29 is 4.79 Å². The van der Waals surface area contributed by atoms with Crippen LogP contribution in [0.4, 0.5) is 0 Å². The second kappa shape index (κ2) is 7.57. The fraction of sp³-hybridized carbons (Fsp3) is 0.300. The minimum atomic E-state index is -0.536. The molecule has 1 amide bonds. The molecule has 0 aliphatic rings. The van der Waals surface area contributed by atoms with Gasteiger partial charge in [-0.1, -0.05) is 31.2 Å². The van der Waals surface area contributed by atoms with Crippen molar-refractivity contribution in [2.24, 2.45) is 0 Å². The molecule has 140 valence electrons. The van der Waals surface area contributed by atoms with Crippen LogP contribution in [-0.2, 0) is 13.1 Å². The number of benzene rings is 1. The number of rotatable bonds is 5. The van der Waals surface area contributed by atoms with Crippen LogP contribution in [-0.4, -0.2) is 32.4 Å². The molecule has 7 nitrogen and oxygen atoms in total. The highest BCUT2D eigenvalue weighted by Crippen LogP contribution is 2.14. The topological polar surface area (TPSA) is 88.1 Å². The summed E-state index contributed by atoms with van der Waals surface area (Å²) in [7, 11) is 1.71.